The predicted octanol–water partition coefficient (Wildman–Crippen LogP) is 4.24. The van der Waals surface area contributed by atoms with E-state index in [-0.39, 0.29) is 24.3 Å². The van der Waals surface area contributed by atoms with Gasteiger partial charge in [-0.2, -0.15) is 0 Å². The number of hydrogen-bond donors (Lipinski definition) is 1. The van der Waals surface area contributed by atoms with Crippen LogP contribution in [0.5, 0.6) is 0 Å². The van der Waals surface area contributed by atoms with Crippen LogP contribution in [0.2, 0.25) is 0 Å². The highest BCUT2D eigenvalue weighted by Gasteiger charge is 2.19. The van der Waals surface area contributed by atoms with Crippen molar-refractivity contribution in [2.75, 3.05) is 11.9 Å². The van der Waals surface area contributed by atoms with Gasteiger partial charge in [-0.3, -0.25) is 9.59 Å². The van der Waals surface area contributed by atoms with E-state index >= 15 is 0 Å². The van der Waals surface area contributed by atoms with Gasteiger partial charge in [0.05, 0.1) is 6.04 Å². The van der Waals surface area contributed by atoms with Crippen molar-refractivity contribution in [3.63, 3.8) is 0 Å². The van der Waals surface area contributed by atoms with Gasteiger partial charge in [0.1, 0.15) is 0 Å². The van der Waals surface area contributed by atoms with Gasteiger partial charge in [-0.1, -0.05) is 42.5 Å². The SMILES string of the molecule is CC(=O)N(CCC(=O)Nc1cccc(C)c1C)C(C)c1ccccc1. The highest BCUT2D eigenvalue weighted by Crippen LogP contribution is 2.21. The summed E-state index contributed by atoms with van der Waals surface area (Å²) in [7, 11) is 0. The van der Waals surface area contributed by atoms with E-state index in [1.165, 1.54) is 0 Å². The fraction of sp³-hybridized carbons (Fsp3) is 0.333. The minimum absolute atomic E-state index is 0.0316. The molecular weight excluding hydrogens is 312 g/mol. The van der Waals surface area contributed by atoms with Crippen molar-refractivity contribution in [1.82, 2.24) is 4.90 Å². The van der Waals surface area contributed by atoms with E-state index in [0.717, 1.165) is 22.4 Å². The second-order valence-corrected chi connectivity index (χ2v) is 6.34. The third-order valence-corrected chi connectivity index (χ3v) is 4.61. The van der Waals surface area contributed by atoms with E-state index in [1.54, 1.807) is 11.8 Å². The maximum absolute atomic E-state index is 12.3. The summed E-state index contributed by atoms with van der Waals surface area (Å²) in [6.45, 7) is 7.93. The molecule has 0 radical (unpaired) electrons. The van der Waals surface area contributed by atoms with Gasteiger partial charge in [0.2, 0.25) is 11.8 Å². The molecule has 0 bridgehead atoms. The highest BCUT2D eigenvalue weighted by molar-refractivity contribution is 5.92. The van der Waals surface area contributed by atoms with Crippen molar-refractivity contribution in [1.29, 1.82) is 0 Å². The number of carbonyl (C=O) groups excluding carboxylic acids is 2. The summed E-state index contributed by atoms with van der Waals surface area (Å²) < 4.78 is 0. The van der Waals surface area contributed by atoms with E-state index in [0.29, 0.717) is 6.54 Å². The quantitative estimate of drug-likeness (QED) is 0.856. The molecule has 1 unspecified atom stereocenters. The predicted molar refractivity (Wildman–Crippen MR) is 101 cm³/mol. The van der Waals surface area contributed by atoms with Crippen molar-refractivity contribution < 1.29 is 9.59 Å². The molecule has 2 rings (SSSR count). The second-order valence-electron chi connectivity index (χ2n) is 6.34. The Morgan fingerprint density at radius 3 is 2.36 bits per heavy atom. The number of aryl methyl sites for hydroxylation is 1. The summed E-state index contributed by atoms with van der Waals surface area (Å²) in [4.78, 5) is 26.1. The van der Waals surface area contributed by atoms with Crippen LogP contribution in [0, 0.1) is 13.8 Å². The molecule has 25 heavy (non-hydrogen) atoms. The molecule has 0 fully saturated rings. The van der Waals surface area contributed by atoms with Crippen LogP contribution in [0.3, 0.4) is 0 Å². The summed E-state index contributed by atoms with van der Waals surface area (Å²) >= 11 is 0. The highest BCUT2D eigenvalue weighted by atomic mass is 16.2. The Hall–Kier alpha value is -2.62. The van der Waals surface area contributed by atoms with Gasteiger partial charge in [0, 0.05) is 25.6 Å². The number of amides is 2. The summed E-state index contributed by atoms with van der Waals surface area (Å²) in [5, 5.41) is 2.95. The van der Waals surface area contributed by atoms with Crippen molar-refractivity contribution in [2.24, 2.45) is 0 Å². The Kier molecular flexibility index (Phi) is 6.34. The van der Waals surface area contributed by atoms with E-state index in [4.69, 9.17) is 0 Å². The summed E-state index contributed by atoms with van der Waals surface area (Å²) in [6.07, 6.45) is 0.268. The standard InChI is InChI=1S/C21H26N2O2/c1-15-9-8-12-20(16(15)2)22-21(25)13-14-23(18(4)24)17(3)19-10-6-5-7-11-19/h5-12,17H,13-14H2,1-4H3,(H,22,25). The first-order valence-electron chi connectivity index (χ1n) is 8.58. The van der Waals surface area contributed by atoms with Crippen LogP contribution in [0.4, 0.5) is 5.69 Å². The van der Waals surface area contributed by atoms with Crippen molar-refractivity contribution in [3.8, 4) is 0 Å². The van der Waals surface area contributed by atoms with E-state index < -0.39 is 0 Å². The molecule has 2 aromatic rings. The molecule has 4 heteroatoms. The second kappa shape index (κ2) is 8.47. The van der Waals surface area contributed by atoms with Crippen molar-refractivity contribution >= 4 is 17.5 Å². The number of hydrogen-bond acceptors (Lipinski definition) is 2. The molecule has 0 heterocycles. The number of nitrogens with one attached hydrogen (secondary N) is 1. The zero-order chi connectivity index (χ0) is 18.4. The average Bonchev–Trinajstić information content (AvgIpc) is 2.59. The van der Waals surface area contributed by atoms with Crippen LogP contribution in [-0.4, -0.2) is 23.3 Å². The van der Waals surface area contributed by atoms with Crippen LogP contribution in [0.15, 0.2) is 48.5 Å². The normalized spacial score (nSPS) is 11.7. The first-order valence-corrected chi connectivity index (χ1v) is 8.58. The summed E-state index contributed by atoms with van der Waals surface area (Å²) in [6, 6.07) is 15.6. The topological polar surface area (TPSA) is 49.4 Å². The Bertz CT molecular complexity index is 741. The fourth-order valence-corrected chi connectivity index (χ4v) is 2.86. The zero-order valence-corrected chi connectivity index (χ0v) is 15.4. The lowest BCUT2D eigenvalue weighted by molar-refractivity contribution is -0.131. The van der Waals surface area contributed by atoms with Crippen LogP contribution < -0.4 is 5.32 Å². The molecule has 1 atom stereocenters. The van der Waals surface area contributed by atoms with Gasteiger partial charge in [0.15, 0.2) is 0 Å². The number of rotatable bonds is 6. The van der Waals surface area contributed by atoms with Crippen molar-refractivity contribution in [3.05, 3.63) is 65.2 Å². The molecule has 2 aromatic carbocycles. The lowest BCUT2D eigenvalue weighted by Gasteiger charge is -2.28. The lowest BCUT2D eigenvalue weighted by atomic mass is 10.1. The van der Waals surface area contributed by atoms with Gasteiger partial charge in [0.25, 0.3) is 0 Å². The Morgan fingerprint density at radius 2 is 1.72 bits per heavy atom. The van der Waals surface area contributed by atoms with Gasteiger partial charge in [-0.05, 0) is 43.5 Å². The fourth-order valence-electron chi connectivity index (χ4n) is 2.86. The van der Waals surface area contributed by atoms with Gasteiger partial charge in [-0.25, -0.2) is 0 Å². The molecule has 0 spiro atoms. The molecule has 2 amide bonds. The number of nitrogens with zero attached hydrogens (tertiary/aromatic N) is 1. The maximum atomic E-state index is 12.3. The first kappa shape index (κ1) is 18.7. The van der Waals surface area contributed by atoms with Gasteiger partial charge in [-0.15, -0.1) is 0 Å². The molecule has 1 N–H and O–H groups in total. The Balaban J connectivity index is 2.00. The molecule has 0 saturated carbocycles. The third-order valence-electron chi connectivity index (χ3n) is 4.61. The smallest absolute Gasteiger partial charge is 0.226 e. The molecule has 4 nitrogen and oxygen atoms in total. The monoisotopic (exact) mass is 338 g/mol. The number of benzene rings is 2. The number of carbonyl (C=O) groups is 2. The van der Waals surface area contributed by atoms with Crippen LogP contribution >= 0.6 is 0 Å². The molecule has 0 aliphatic heterocycles. The van der Waals surface area contributed by atoms with Crippen LogP contribution in [0.1, 0.15) is 43.0 Å². The summed E-state index contributed by atoms with van der Waals surface area (Å²) in [5.41, 5.74) is 4.10. The average molecular weight is 338 g/mol. The largest absolute Gasteiger partial charge is 0.336 e. The minimum Gasteiger partial charge on any atom is -0.336 e. The first-order chi connectivity index (χ1) is 11.9. The van der Waals surface area contributed by atoms with E-state index in [2.05, 4.69) is 5.32 Å². The molecular formula is C21H26N2O2. The van der Waals surface area contributed by atoms with Gasteiger partial charge < -0.3 is 10.2 Å². The molecule has 0 saturated heterocycles. The Labute approximate surface area is 149 Å². The zero-order valence-electron chi connectivity index (χ0n) is 15.4. The molecule has 132 valence electrons. The van der Waals surface area contributed by atoms with Gasteiger partial charge >= 0.3 is 0 Å². The third kappa shape index (κ3) is 4.92. The maximum Gasteiger partial charge on any atom is 0.226 e. The summed E-state index contributed by atoms with van der Waals surface area (Å²) in [5.74, 6) is -0.115. The van der Waals surface area contributed by atoms with Crippen LogP contribution in [0.25, 0.3) is 0 Å². The molecule has 0 aromatic heterocycles. The van der Waals surface area contributed by atoms with Crippen molar-refractivity contribution in [2.45, 2.75) is 40.2 Å². The minimum atomic E-state index is -0.0831. The molecule has 0 aliphatic carbocycles. The lowest BCUT2D eigenvalue weighted by Crippen LogP contribution is -2.34. The van der Waals surface area contributed by atoms with Crippen LogP contribution in [-0.2, 0) is 9.59 Å². The molecule has 0 aliphatic rings. The number of anilines is 1. The van der Waals surface area contributed by atoms with E-state index in [1.807, 2.05) is 69.3 Å². The Morgan fingerprint density at radius 1 is 1.04 bits per heavy atom. The van der Waals surface area contributed by atoms with E-state index in [9.17, 15) is 9.59 Å².